The number of rotatable bonds is 3. The molecule has 3 nitrogen and oxygen atoms in total. The van der Waals surface area contributed by atoms with Gasteiger partial charge in [0.2, 0.25) is 6.30 Å². The van der Waals surface area contributed by atoms with Crippen LogP contribution >= 0.6 is 0 Å². The van der Waals surface area contributed by atoms with Gasteiger partial charge in [-0.3, -0.25) is 0 Å². The molecule has 0 aliphatic carbocycles. The summed E-state index contributed by atoms with van der Waals surface area (Å²) in [5.41, 5.74) is 0. The monoisotopic (exact) mass is 191 g/mol. The third kappa shape index (κ3) is 2.30. The van der Waals surface area contributed by atoms with Crippen molar-refractivity contribution in [2.45, 2.75) is 12.7 Å². The maximum Gasteiger partial charge on any atom is 0.287 e. The van der Waals surface area contributed by atoms with Crippen molar-refractivity contribution < 1.29 is 13.2 Å². The fourth-order valence-electron chi connectivity index (χ4n) is 0.788. The topological polar surface area (TPSA) is 29.0 Å². The third-order valence-corrected chi connectivity index (χ3v) is 1.51. The van der Waals surface area contributed by atoms with E-state index in [-0.39, 0.29) is 5.82 Å². The van der Waals surface area contributed by atoms with Gasteiger partial charge in [0, 0.05) is 13.2 Å². The molecule has 0 aromatic carbocycles. The Bertz CT molecular complexity index is 254. The van der Waals surface area contributed by atoms with Gasteiger partial charge in [0.05, 0.1) is 0 Å². The minimum atomic E-state index is -3.04. The molecule has 0 radical (unpaired) electrons. The van der Waals surface area contributed by atoms with Crippen LogP contribution in [0.3, 0.4) is 0 Å². The Balaban J connectivity index is 2.73. The molecule has 1 unspecified atom stereocenters. The fraction of sp³-hybridized carbons (Fsp3) is 0.429. The molecule has 72 valence electrons. The minimum Gasteiger partial charge on any atom is -0.325 e. The lowest BCUT2D eigenvalue weighted by molar-refractivity contribution is 0.0504. The Labute approximate surface area is 73.2 Å². The van der Waals surface area contributed by atoms with E-state index in [1.54, 1.807) is 0 Å². The maximum atomic E-state index is 12.7. The van der Waals surface area contributed by atoms with Crippen LogP contribution < -0.4 is 4.90 Å². The average Bonchev–Trinajstić information content (AvgIpc) is 2.17. The highest BCUT2D eigenvalue weighted by Gasteiger charge is 2.24. The Morgan fingerprint density at radius 1 is 1.38 bits per heavy atom. The van der Waals surface area contributed by atoms with Crippen molar-refractivity contribution >= 4 is 5.82 Å². The lowest BCUT2D eigenvalue weighted by atomic mass is 10.5. The predicted octanol–water partition coefficient (Wildman–Crippen LogP) is 1.47. The molecule has 1 aromatic heterocycles. The van der Waals surface area contributed by atoms with E-state index < -0.39 is 12.7 Å². The van der Waals surface area contributed by atoms with Crippen LogP contribution in [0.5, 0.6) is 0 Å². The highest BCUT2D eigenvalue weighted by Crippen LogP contribution is 2.15. The molecule has 6 heteroatoms. The molecule has 0 saturated carbocycles. The van der Waals surface area contributed by atoms with Crippen LogP contribution in [0.1, 0.15) is 0 Å². The van der Waals surface area contributed by atoms with Crippen molar-refractivity contribution in [3.8, 4) is 0 Å². The summed E-state index contributed by atoms with van der Waals surface area (Å²) in [4.78, 5) is 7.96. The Kier molecular flexibility index (Phi) is 3.05. The van der Waals surface area contributed by atoms with E-state index in [0.29, 0.717) is 0 Å². The van der Waals surface area contributed by atoms with Crippen LogP contribution in [0.15, 0.2) is 18.6 Å². The van der Waals surface area contributed by atoms with Gasteiger partial charge in [0.1, 0.15) is 12.1 Å². The summed E-state index contributed by atoms with van der Waals surface area (Å²) in [6, 6.07) is 1.36. The SMILES string of the molecule is CN(c1ccncn1)C(F)C(F)F. The van der Waals surface area contributed by atoms with E-state index in [4.69, 9.17) is 0 Å². The van der Waals surface area contributed by atoms with Gasteiger partial charge in [-0.05, 0) is 6.07 Å². The average molecular weight is 191 g/mol. The molecule has 0 N–H and O–H groups in total. The molecule has 0 aliphatic rings. The van der Waals surface area contributed by atoms with Crippen molar-refractivity contribution in [3.63, 3.8) is 0 Å². The van der Waals surface area contributed by atoms with Crippen molar-refractivity contribution in [2.75, 3.05) is 11.9 Å². The highest BCUT2D eigenvalue weighted by molar-refractivity contribution is 5.35. The van der Waals surface area contributed by atoms with Gasteiger partial charge in [-0.15, -0.1) is 0 Å². The second-order valence-electron chi connectivity index (χ2n) is 2.39. The zero-order valence-corrected chi connectivity index (χ0v) is 6.86. The zero-order chi connectivity index (χ0) is 9.84. The second-order valence-corrected chi connectivity index (χ2v) is 2.39. The molecule has 0 fully saturated rings. The molecular weight excluding hydrogens is 183 g/mol. The molecular formula is C7H8F3N3. The molecule has 0 aliphatic heterocycles. The third-order valence-electron chi connectivity index (χ3n) is 1.51. The number of aromatic nitrogens is 2. The molecule has 0 saturated heterocycles. The molecule has 13 heavy (non-hydrogen) atoms. The summed E-state index contributed by atoms with van der Waals surface area (Å²) in [7, 11) is 1.21. The van der Waals surface area contributed by atoms with Gasteiger partial charge >= 0.3 is 0 Å². The summed E-state index contributed by atoms with van der Waals surface area (Å²) in [6.45, 7) is 0. The maximum absolute atomic E-state index is 12.7. The van der Waals surface area contributed by atoms with Crippen molar-refractivity contribution in [2.24, 2.45) is 0 Å². The summed E-state index contributed by atoms with van der Waals surface area (Å²) < 4.78 is 36.5. The van der Waals surface area contributed by atoms with Gasteiger partial charge in [-0.1, -0.05) is 0 Å². The van der Waals surface area contributed by atoms with E-state index in [2.05, 4.69) is 9.97 Å². The number of nitrogens with zero attached hydrogens (tertiary/aromatic N) is 3. The van der Waals surface area contributed by atoms with Crippen LogP contribution in [-0.4, -0.2) is 29.7 Å². The quantitative estimate of drug-likeness (QED) is 0.677. The Hall–Kier alpha value is -1.33. The summed E-state index contributed by atoms with van der Waals surface area (Å²) in [5, 5.41) is 0. The summed E-state index contributed by atoms with van der Waals surface area (Å²) >= 11 is 0. The molecule has 0 amide bonds. The van der Waals surface area contributed by atoms with Crippen LogP contribution in [0.4, 0.5) is 19.0 Å². The second kappa shape index (κ2) is 4.06. The normalized spacial score (nSPS) is 13.0. The van der Waals surface area contributed by atoms with E-state index in [1.807, 2.05) is 0 Å². The Morgan fingerprint density at radius 3 is 2.54 bits per heavy atom. The van der Waals surface area contributed by atoms with Crippen LogP contribution in [0.2, 0.25) is 0 Å². The predicted molar refractivity (Wildman–Crippen MR) is 41.3 cm³/mol. The number of alkyl halides is 3. The number of anilines is 1. The van der Waals surface area contributed by atoms with E-state index in [9.17, 15) is 13.2 Å². The first-order valence-corrected chi connectivity index (χ1v) is 3.54. The van der Waals surface area contributed by atoms with Crippen molar-refractivity contribution in [1.82, 2.24) is 9.97 Å². The molecule has 1 atom stereocenters. The van der Waals surface area contributed by atoms with E-state index in [0.717, 1.165) is 4.90 Å². The van der Waals surface area contributed by atoms with Crippen molar-refractivity contribution in [3.05, 3.63) is 18.6 Å². The summed E-state index contributed by atoms with van der Waals surface area (Å²) in [6.07, 6.45) is -2.85. The van der Waals surface area contributed by atoms with Crippen molar-refractivity contribution in [1.29, 1.82) is 0 Å². The van der Waals surface area contributed by atoms with Crippen LogP contribution in [-0.2, 0) is 0 Å². The van der Waals surface area contributed by atoms with Gasteiger partial charge in [0.15, 0.2) is 0 Å². The molecule has 0 bridgehead atoms. The Morgan fingerprint density at radius 2 is 2.08 bits per heavy atom. The minimum absolute atomic E-state index is 0.128. The number of hydrogen-bond donors (Lipinski definition) is 0. The number of halogens is 3. The first-order valence-electron chi connectivity index (χ1n) is 3.54. The van der Waals surface area contributed by atoms with Gasteiger partial charge in [-0.25, -0.2) is 23.1 Å². The molecule has 1 aromatic rings. The lowest BCUT2D eigenvalue weighted by Gasteiger charge is -2.21. The highest BCUT2D eigenvalue weighted by atomic mass is 19.3. The van der Waals surface area contributed by atoms with Crippen LogP contribution in [0, 0.1) is 0 Å². The van der Waals surface area contributed by atoms with Crippen LogP contribution in [0.25, 0.3) is 0 Å². The van der Waals surface area contributed by atoms with Gasteiger partial charge in [0.25, 0.3) is 6.43 Å². The largest absolute Gasteiger partial charge is 0.325 e. The number of hydrogen-bond acceptors (Lipinski definition) is 3. The van der Waals surface area contributed by atoms with Gasteiger partial charge < -0.3 is 4.90 Å². The standard InChI is InChI=1S/C7H8F3N3/c1-13(7(10)6(8)9)5-2-3-11-4-12-5/h2-4,6-7H,1H3. The molecule has 1 rings (SSSR count). The molecule has 0 spiro atoms. The fourth-order valence-corrected chi connectivity index (χ4v) is 0.788. The summed E-state index contributed by atoms with van der Waals surface area (Å²) in [5.74, 6) is 0.128. The molecule has 1 heterocycles. The van der Waals surface area contributed by atoms with Gasteiger partial charge in [-0.2, -0.15) is 0 Å². The lowest BCUT2D eigenvalue weighted by Crippen LogP contribution is -2.34. The first-order chi connectivity index (χ1) is 6.13. The van der Waals surface area contributed by atoms with E-state index >= 15 is 0 Å². The zero-order valence-electron chi connectivity index (χ0n) is 6.86. The first kappa shape index (κ1) is 9.76. The van der Waals surface area contributed by atoms with E-state index in [1.165, 1.54) is 25.6 Å². The smallest absolute Gasteiger partial charge is 0.287 e.